The molecule has 3 N–H and O–H groups in total. The molecule has 0 saturated heterocycles. The molecule has 25 heavy (non-hydrogen) atoms. The number of amides is 3. The lowest BCUT2D eigenvalue weighted by atomic mass is 10.1. The lowest BCUT2D eigenvalue weighted by Crippen LogP contribution is -2.38. The maximum atomic E-state index is 12.4. The molecule has 0 spiro atoms. The van der Waals surface area contributed by atoms with Gasteiger partial charge in [-0.2, -0.15) is 0 Å². The number of benzene rings is 1. The highest BCUT2D eigenvalue weighted by Crippen LogP contribution is 2.23. The quantitative estimate of drug-likeness (QED) is 0.723. The van der Waals surface area contributed by atoms with E-state index in [2.05, 4.69) is 16.0 Å². The maximum Gasteiger partial charge on any atom is 0.265 e. The van der Waals surface area contributed by atoms with Gasteiger partial charge in [-0.15, -0.1) is 11.3 Å². The first-order valence-electron chi connectivity index (χ1n) is 7.75. The molecule has 130 valence electrons. The van der Waals surface area contributed by atoms with Crippen LogP contribution >= 0.6 is 22.9 Å². The maximum absolute atomic E-state index is 12.4. The second-order valence-electron chi connectivity index (χ2n) is 5.65. The molecule has 1 fully saturated rings. The molecule has 8 heteroatoms. The summed E-state index contributed by atoms with van der Waals surface area (Å²) in [5.41, 5.74) is 0.541. The van der Waals surface area contributed by atoms with Crippen molar-refractivity contribution in [1.82, 2.24) is 10.6 Å². The summed E-state index contributed by atoms with van der Waals surface area (Å²) in [4.78, 5) is 36.8. The van der Waals surface area contributed by atoms with Crippen LogP contribution in [-0.2, 0) is 4.79 Å². The third-order valence-corrected chi connectivity index (χ3v) is 4.68. The molecule has 1 heterocycles. The number of thiophene rings is 1. The Bertz CT molecular complexity index is 803. The van der Waals surface area contributed by atoms with Gasteiger partial charge in [0.05, 0.1) is 22.7 Å². The molecular weight excluding hydrogens is 362 g/mol. The van der Waals surface area contributed by atoms with Gasteiger partial charge in [0.25, 0.3) is 11.8 Å². The van der Waals surface area contributed by atoms with E-state index >= 15 is 0 Å². The Kier molecular flexibility index (Phi) is 5.35. The zero-order valence-corrected chi connectivity index (χ0v) is 14.7. The molecular formula is C17H16ClN3O3S. The van der Waals surface area contributed by atoms with E-state index in [1.54, 1.807) is 23.6 Å². The lowest BCUT2D eigenvalue weighted by molar-refractivity contribution is -0.120. The highest BCUT2D eigenvalue weighted by molar-refractivity contribution is 7.12. The van der Waals surface area contributed by atoms with Gasteiger partial charge >= 0.3 is 0 Å². The molecule has 0 radical (unpaired) electrons. The molecule has 0 unspecified atom stereocenters. The van der Waals surface area contributed by atoms with Gasteiger partial charge in [0, 0.05) is 11.1 Å². The molecule has 0 bridgehead atoms. The van der Waals surface area contributed by atoms with E-state index in [1.807, 2.05) is 0 Å². The minimum Gasteiger partial charge on any atom is -0.352 e. The third-order valence-electron chi connectivity index (χ3n) is 3.57. The molecule has 1 aliphatic rings. The van der Waals surface area contributed by atoms with Crippen LogP contribution in [0.3, 0.4) is 0 Å². The number of hydrogen-bond donors (Lipinski definition) is 3. The summed E-state index contributed by atoms with van der Waals surface area (Å²) in [5.74, 6) is -1.00. The summed E-state index contributed by atoms with van der Waals surface area (Å²) >= 11 is 7.27. The second kappa shape index (κ2) is 7.67. The van der Waals surface area contributed by atoms with Crippen LogP contribution in [0.25, 0.3) is 0 Å². The number of halogens is 1. The molecule has 6 nitrogen and oxygen atoms in total. The van der Waals surface area contributed by atoms with Crippen LogP contribution in [0.4, 0.5) is 5.69 Å². The first-order chi connectivity index (χ1) is 12.0. The Balaban J connectivity index is 1.68. The van der Waals surface area contributed by atoms with Crippen molar-refractivity contribution in [2.24, 2.45) is 0 Å². The van der Waals surface area contributed by atoms with Crippen molar-refractivity contribution in [3.8, 4) is 0 Å². The molecule has 1 aromatic heterocycles. The molecule has 1 aliphatic carbocycles. The Morgan fingerprint density at radius 1 is 1.16 bits per heavy atom. The van der Waals surface area contributed by atoms with Gasteiger partial charge in [0.1, 0.15) is 0 Å². The molecule has 1 aromatic carbocycles. The average Bonchev–Trinajstić information content (AvgIpc) is 3.21. The fraction of sp³-hybridized carbons (Fsp3) is 0.235. The Morgan fingerprint density at radius 3 is 2.64 bits per heavy atom. The van der Waals surface area contributed by atoms with Gasteiger partial charge < -0.3 is 16.0 Å². The topological polar surface area (TPSA) is 87.3 Å². The molecule has 3 amide bonds. The average molecular weight is 378 g/mol. The summed E-state index contributed by atoms with van der Waals surface area (Å²) in [6.45, 7) is -0.115. The normalized spacial score (nSPS) is 13.2. The minimum absolute atomic E-state index is 0.115. The summed E-state index contributed by atoms with van der Waals surface area (Å²) in [6, 6.07) is 8.27. The van der Waals surface area contributed by atoms with Crippen molar-refractivity contribution in [1.29, 1.82) is 0 Å². The predicted molar refractivity (Wildman–Crippen MR) is 97.2 cm³/mol. The standard InChI is InChI=1S/C17H16ClN3O3S/c18-10-3-6-12(16(23)19-9-15(22)20-11-4-5-11)13(8-10)21-17(24)14-2-1-7-25-14/h1-3,6-8,11H,4-5,9H2,(H,19,23)(H,20,22)(H,21,24). The SMILES string of the molecule is O=C(CNC(=O)c1ccc(Cl)cc1NC(=O)c1cccs1)NC1CC1. The van der Waals surface area contributed by atoms with E-state index in [-0.39, 0.29) is 30.0 Å². The molecule has 0 aliphatic heterocycles. The number of rotatable bonds is 6. The number of nitrogens with one attached hydrogen (secondary N) is 3. The van der Waals surface area contributed by atoms with E-state index in [4.69, 9.17) is 11.6 Å². The zero-order valence-electron chi connectivity index (χ0n) is 13.2. The van der Waals surface area contributed by atoms with E-state index in [9.17, 15) is 14.4 Å². The van der Waals surface area contributed by atoms with E-state index in [1.165, 1.54) is 23.5 Å². The number of hydrogen-bond acceptors (Lipinski definition) is 4. The smallest absolute Gasteiger partial charge is 0.265 e. The van der Waals surface area contributed by atoms with Gasteiger partial charge in [-0.25, -0.2) is 0 Å². The van der Waals surface area contributed by atoms with Gasteiger partial charge in [0.2, 0.25) is 5.91 Å². The van der Waals surface area contributed by atoms with Crippen LogP contribution in [0.1, 0.15) is 32.9 Å². The number of carbonyl (C=O) groups excluding carboxylic acids is 3. The predicted octanol–water partition coefficient (Wildman–Crippen LogP) is 2.66. The summed E-state index contributed by atoms with van der Waals surface area (Å²) < 4.78 is 0. The zero-order chi connectivity index (χ0) is 17.8. The van der Waals surface area contributed by atoms with Gasteiger partial charge in [-0.3, -0.25) is 14.4 Å². The first-order valence-corrected chi connectivity index (χ1v) is 9.00. The van der Waals surface area contributed by atoms with Crippen molar-refractivity contribution in [2.75, 3.05) is 11.9 Å². The highest BCUT2D eigenvalue weighted by atomic mass is 35.5. The fourth-order valence-electron chi connectivity index (χ4n) is 2.17. The van der Waals surface area contributed by atoms with Crippen molar-refractivity contribution in [3.63, 3.8) is 0 Å². The Labute approximate surface area is 153 Å². The van der Waals surface area contributed by atoms with Crippen molar-refractivity contribution >= 4 is 46.3 Å². The summed E-state index contributed by atoms with van der Waals surface area (Å²) in [6.07, 6.45) is 1.96. The third kappa shape index (κ3) is 4.80. The van der Waals surface area contributed by atoms with Crippen molar-refractivity contribution < 1.29 is 14.4 Å². The fourth-order valence-corrected chi connectivity index (χ4v) is 2.96. The van der Waals surface area contributed by atoms with Crippen LogP contribution < -0.4 is 16.0 Å². The van der Waals surface area contributed by atoms with E-state index in [0.717, 1.165) is 12.8 Å². The molecule has 2 aromatic rings. The van der Waals surface area contributed by atoms with Crippen LogP contribution in [0.15, 0.2) is 35.7 Å². The number of carbonyl (C=O) groups is 3. The van der Waals surface area contributed by atoms with Gasteiger partial charge in [-0.05, 0) is 42.5 Å². The second-order valence-corrected chi connectivity index (χ2v) is 7.03. The Hall–Kier alpha value is -2.38. The summed E-state index contributed by atoms with van der Waals surface area (Å²) in [5, 5.41) is 10.2. The molecule has 3 rings (SSSR count). The van der Waals surface area contributed by atoms with Crippen LogP contribution in [0.5, 0.6) is 0 Å². The van der Waals surface area contributed by atoms with Crippen molar-refractivity contribution in [2.45, 2.75) is 18.9 Å². The molecule has 1 saturated carbocycles. The first kappa shape index (κ1) is 17.4. The van der Waals surface area contributed by atoms with Crippen LogP contribution in [0, 0.1) is 0 Å². The lowest BCUT2D eigenvalue weighted by Gasteiger charge is -2.12. The minimum atomic E-state index is -0.455. The van der Waals surface area contributed by atoms with Crippen LogP contribution in [-0.4, -0.2) is 30.3 Å². The highest BCUT2D eigenvalue weighted by Gasteiger charge is 2.23. The Morgan fingerprint density at radius 2 is 1.96 bits per heavy atom. The van der Waals surface area contributed by atoms with Gasteiger partial charge in [0.15, 0.2) is 0 Å². The monoisotopic (exact) mass is 377 g/mol. The van der Waals surface area contributed by atoms with E-state index in [0.29, 0.717) is 15.6 Å². The molecule has 0 atom stereocenters. The number of anilines is 1. The van der Waals surface area contributed by atoms with E-state index < -0.39 is 5.91 Å². The largest absolute Gasteiger partial charge is 0.352 e. The van der Waals surface area contributed by atoms with Crippen molar-refractivity contribution in [3.05, 3.63) is 51.2 Å². The van der Waals surface area contributed by atoms with Crippen LogP contribution in [0.2, 0.25) is 5.02 Å². The van der Waals surface area contributed by atoms with Gasteiger partial charge in [-0.1, -0.05) is 17.7 Å². The summed E-state index contributed by atoms with van der Waals surface area (Å²) in [7, 11) is 0.